The molecule has 0 saturated heterocycles. The fourth-order valence-electron chi connectivity index (χ4n) is 4.27. The van der Waals surface area contributed by atoms with Crippen molar-refractivity contribution in [3.63, 3.8) is 0 Å². The molecular weight excluding hydrogens is 548 g/mol. The van der Waals surface area contributed by atoms with Crippen molar-refractivity contribution in [2.75, 3.05) is 17.5 Å². The molecule has 0 aliphatic carbocycles. The summed E-state index contributed by atoms with van der Waals surface area (Å²) < 4.78 is 66.0. The lowest BCUT2D eigenvalue weighted by Crippen LogP contribution is -2.26. The van der Waals surface area contributed by atoms with Gasteiger partial charge < -0.3 is 9.47 Å². The Morgan fingerprint density at radius 1 is 0.625 bits per heavy atom. The van der Waals surface area contributed by atoms with E-state index < -0.39 is 20.0 Å². The number of unbranched alkanes of at least 4 members (excludes halogenated alkanes) is 2. The lowest BCUT2D eigenvalue weighted by molar-refractivity contribution is 0.309. The van der Waals surface area contributed by atoms with Gasteiger partial charge in [-0.3, -0.25) is 0 Å². The van der Waals surface area contributed by atoms with Crippen LogP contribution in [-0.4, -0.2) is 30.0 Å². The van der Waals surface area contributed by atoms with E-state index in [9.17, 15) is 16.8 Å². The summed E-state index contributed by atoms with van der Waals surface area (Å²) in [6, 6.07) is 22.6. The van der Waals surface area contributed by atoms with E-state index in [1.165, 1.54) is 28.6 Å². The molecule has 0 aliphatic rings. The van der Waals surface area contributed by atoms with Crippen molar-refractivity contribution in [3.8, 4) is 11.5 Å². The van der Waals surface area contributed by atoms with Crippen LogP contribution < -0.4 is 18.9 Å². The molecule has 2 N–H and O–H groups in total. The quantitative estimate of drug-likeness (QED) is 0.183. The zero-order valence-corrected chi connectivity index (χ0v) is 24.2. The van der Waals surface area contributed by atoms with E-state index in [2.05, 4.69) is 13.8 Å². The minimum Gasteiger partial charge on any atom is -0.494 e. The maximum absolute atomic E-state index is 14.4. The summed E-state index contributed by atoms with van der Waals surface area (Å²) in [5.41, 5.74) is 0.782. The molecule has 0 bridgehead atoms. The summed E-state index contributed by atoms with van der Waals surface area (Å²) in [6.45, 7) is 5.29. The van der Waals surface area contributed by atoms with Gasteiger partial charge in [-0.15, -0.1) is 0 Å². The average Bonchev–Trinajstić information content (AvgIpc) is 2.94. The van der Waals surface area contributed by atoms with Gasteiger partial charge in [-0.2, -0.15) is 0 Å². The van der Waals surface area contributed by atoms with Crippen LogP contribution in [0.15, 0.2) is 94.7 Å². The Hall–Kier alpha value is -3.60. The lowest BCUT2D eigenvalue weighted by Gasteiger charge is -2.26. The molecule has 0 saturated carbocycles. The molecule has 0 aromatic heterocycles. The molecule has 0 spiro atoms. The van der Waals surface area contributed by atoms with Crippen molar-refractivity contribution in [2.24, 2.45) is 5.14 Å². The molecule has 4 aromatic carbocycles. The molecule has 10 heteroatoms. The Morgan fingerprint density at radius 3 is 1.48 bits per heavy atom. The highest BCUT2D eigenvalue weighted by atomic mass is 32.2. The van der Waals surface area contributed by atoms with E-state index in [4.69, 9.17) is 14.6 Å². The van der Waals surface area contributed by atoms with E-state index in [1.807, 2.05) is 0 Å². The van der Waals surface area contributed by atoms with Crippen LogP contribution in [-0.2, 0) is 20.0 Å². The molecule has 40 heavy (non-hydrogen) atoms. The van der Waals surface area contributed by atoms with E-state index in [0.717, 1.165) is 25.7 Å². The summed E-state index contributed by atoms with van der Waals surface area (Å²) >= 11 is 0. The van der Waals surface area contributed by atoms with Crippen molar-refractivity contribution < 1.29 is 26.3 Å². The SMILES string of the molecule is CCCCOc1ccc(N(c2ccc(OCCCC)cc2)S(=O)(=O)c2cccc3c(S(N)(=O)=O)cccc23)cc1. The van der Waals surface area contributed by atoms with Crippen LogP contribution in [0, 0.1) is 0 Å². The number of nitrogens with zero attached hydrogens (tertiary/aromatic N) is 1. The summed E-state index contributed by atoms with van der Waals surface area (Å²) in [5.74, 6) is 1.27. The first-order valence-electron chi connectivity index (χ1n) is 13.2. The molecule has 0 amide bonds. The number of ether oxygens (including phenoxy) is 2. The van der Waals surface area contributed by atoms with Crippen LogP contribution in [0.3, 0.4) is 0 Å². The Kier molecular flexibility index (Phi) is 9.34. The first-order chi connectivity index (χ1) is 19.2. The average molecular weight is 583 g/mol. The highest BCUT2D eigenvalue weighted by Gasteiger charge is 2.29. The van der Waals surface area contributed by atoms with Crippen LogP contribution >= 0.6 is 0 Å². The monoisotopic (exact) mass is 582 g/mol. The molecular formula is C30H34N2O6S2. The number of hydrogen-bond donors (Lipinski definition) is 1. The van der Waals surface area contributed by atoms with Crippen molar-refractivity contribution >= 4 is 42.2 Å². The van der Waals surface area contributed by atoms with Crippen LogP contribution in [0.25, 0.3) is 10.8 Å². The van der Waals surface area contributed by atoms with Gasteiger partial charge in [-0.1, -0.05) is 51.0 Å². The number of nitrogens with two attached hydrogens (primary N) is 1. The number of rotatable bonds is 13. The van der Waals surface area contributed by atoms with Crippen molar-refractivity contribution in [1.29, 1.82) is 0 Å². The predicted molar refractivity (Wildman–Crippen MR) is 158 cm³/mol. The van der Waals surface area contributed by atoms with Gasteiger partial charge in [-0.05, 0) is 73.5 Å². The second-order valence-electron chi connectivity index (χ2n) is 9.31. The van der Waals surface area contributed by atoms with Gasteiger partial charge in [0.05, 0.1) is 34.4 Å². The van der Waals surface area contributed by atoms with Gasteiger partial charge in [0.15, 0.2) is 0 Å². The molecule has 0 atom stereocenters. The first-order valence-corrected chi connectivity index (χ1v) is 16.2. The third-order valence-electron chi connectivity index (χ3n) is 6.34. The number of anilines is 2. The summed E-state index contributed by atoms with van der Waals surface area (Å²) in [4.78, 5) is -0.196. The largest absolute Gasteiger partial charge is 0.494 e. The standard InChI is InChI=1S/C30H34N2O6S2/c1-3-5-21-37-25-17-13-23(14-18-25)32(24-15-19-26(20-16-24)38-22-6-4-2)40(35,36)30-12-8-9-27-28(30)10-7-11-29(27)39(31,33)34/h7-20H,3-6,21-22H2,1-2H3,(H2,31,33,34). The smallest absolute Gasteiger partial charge is 0.269 e. The minimum absolute atomic E-state index is 0.0537. The van der Waals surface area contributed by atoms with E-state index >= 15 is 0 Å². The minimum atomic E-state index is -4.25. The fraction of sp³-hybridized carbons (Fsp3) is 0.267. The number of primary sulfonamides is 1. The Labute approximate surface area is 236 Å². The van der Waals surface area contributed by atoms with E-state index in [1.54, 1.807) is 60.7 Å². The first kappa shape index (κ1) is 29.4. The summed E-state index contributed by atoms with van der Waals surface area (Å²) in [6.07, 6.45) is 3.83. The van der Waals surface area contributed by atoms with Crippen LogP contribution in [0.1, 0.15) is 39.5 Å². The number of benzene rings is 4. The highest BCUT2D eigenvalue weighted by molar-refractivity contribution is 7.93. The molecule has 8 nitrogen and oxygen atoms in total. The highest BCUT2D eigenvalue weighted by Crippen LogP contribution is 2.37. The normalized spacial score (nSPS) is 11.9. The second-order valence-corrected chi connectivity index (χ2v) is 12.6. The number of sulfonamides is 2. The van der Waals surface area contributed by atoms with Gasteiger partial charge >= 0.3 is 0 Å². The van der Waals surface area contributed by atoms with Gasteiger partial charge in [0.2, 0.25) is 10.0 Å². The molecule has 0 fully saturated rings. The number of hydrogen-bond acceptors (Lipinski definition) is 6. The van der Waals surface area contributed by atoms with E-state index in [-0.39, 0.29) is 20.6 Å². The van der Waals surface area contributed by atoms with Crippen molar-refractivity contribution in [3.05, 3.63) is 84.9 Å². The van der Waals surface area contributed by atoms with Gasteiger partial charge in [-0.25, -0.2) is 26.3 Å². The Bertz CT molecular complexity index is 1600. The van der Waals surface area contributed by atoms with Crippen LogP contribution in [0.2, 0.25) is 0 Å². The van der Waals surface area contributed by atoms with Crippen LogP contribution in [0.5, 0.6) is 11.5 Å². The fourth-order valence-corrected chi connectivity index (χ4v) is 6.73. The Balaban J connectivity index is 1.83. The molecule has 0 unspecified atom stereocenters. The zero-order valence-electron chi connectivity index (χ0n) is 22.6. The van der Waals surface area contributed by atoms with Crippen molar-refractivity contribution in [2.45, 2.75) is 49.3 Å². The third-order valence-corrected chi connectivity index (χ3v) is 9.13. The van der Waals surface area contributed by atoms with Crippen LogP contribution in [0.4, 0.5) is 11.4 Å². The van der Waals surface area contributed by atoms with E-state index in [0.29, 0.717) is 36.1 Å². The molecule has 4 aromatic rings. The lowest BCUT2D eigenvalue weighted by atomic mass is 10.1. The molecule has 0 aliphatic heterocycles. The second kappa shape index (κ2) is 12.7. The number of fused-ring (bicyclic) bond motifs is 1. The molecule has 0 radical (unpaired) electrons. The maximum Gasteiger partial charge on any atom is 0.269 e. The summed E-state index contributed by atoms with van der Waals surface area (Å²) in [5, 5.41) is 5.90. The Morgan fingerprint density at radius 2 is 1.05 bits per heavy atom. The summed E-state index contributed by atoms with van der Waals surface area (Å²) in [7, 11) is -8.33. The maximum atomic E-state index is 14.4. The molecule has 4 rings (SSSR count). The third kappa shape index (κ3) is 6.57. The topological polar surface area (TPSA) is 116 Å². The predicted octanol–water partition coefficient (Wildman–Crippen LogP) is 6.37. The zero-order chi connectivity index (χ0) is 28.8. The molecule has 0 heterocycles. The molecule has 212 valence electrons. The van der Waals surface area contributed by atoms with Gasteiger partial charge in [0.25, 0.3) is 10.0 Å². The van der Waals surface area contributed by atoms with Gasteiger partial charge in [0, 0.05) is 10.8 Å². The van der Waals surface area contributed by atoms with Gasteiger partial charge in [0.1, 0.15) is 11.5 Å². The van der Waals surface area contributed by atoms with Crippen molar-refractivity contribution in [1.82, 2.24) is 0 Å².